The Morgan fingerprint density at radius 1 is 1.24 bits per heavy atom. The fourth-order valence-electron chi connectivity index (χ4n) is 1.68. The summed E-state index contributed by atoms with van der Waals surface area (Å²) in [7, 11) is -1.94. The van der Waals surface area contributed by atoms with Crippen LogP contribution in [0.1, 0.15) is 11.1 Å². The summed E-state index contributed by atoms with van der Waals surface area (Å²) < 4.78 is 25.6. The van der Waals surface area contributed by atoms with E-state index in [1.54, 1.807) is 48.8 Å². The molecule has 0 unspecified atom stereocenters. The van der Waals surface area contributed by atoms with E-state index in [1.807, 2.05) is 6.07 Å². The summed E-state index contributed by atoms with van der Waals surface area (Å²) in [4.78, 5) is 3.97. The lowest BCUT2D eigenvalue weighted by Gasteiger charge is -2.14. The molecule has 1 heterocycles. The predicted octanol–water partition coefficient (Wildman–Crippen LogP) is 3.17. The highest BCUT2D eigenvalue weighted by Crippen LogP contribution is 2.13. The first-order chi connectivity index (χ1) is 9.97. The van der Waals surface area contributed by atoms with Gasteiger partial charge < -0.3 is 0 Å². The average Bonchev–Trinajstić information content (AvgIpc) is 2.48. The smallest absolute Gasteiger partial charge is 0.236 e. The van der Waals surface area contributed by atoms with E-state index in [9.17, 15) is 8.42 Å². The predicted molar refractivity (Wildman–Crippen MR) is 85.1 cm³/mol. The van der Waals surface area contributed by atoms with Crippen LogP contribution in [-0.2, 0) is 16.6 Å². The Labute approximate surface area is 129 Å². The molecule has 1 aromatic carbocycles. The average molecular weight is 323 g/mol. The van der Waals surface area contributed by atoms with Gasteiger partial charge in [-0.1, -0.05) is 29.8 Å². The SMILES string of the molecule is CN(Cc1cccnc1)S(=O)(=O)C=Cc1ccc(Cl)cc1. The maximum absolute atomic E-state index is 12.2. The van der Waals surface area contributed by atoms with Crippen LogP contribution in [0.2, 0.25) is 5.02 Å². The number of nitrogens with zero attached hydrogens (tertiary/aromatic N) is 2. The van der Waals surface area contributed by atoms with Crippen molar-refractivity contribution in [3.8, 4) is 0 Å². The van der Waals surface area contributed by atoms with E-state index in [0.717, 1.165) is 11.1 Å². The van der Waals surface area contributed by atoms with Gasteiger partial charge in [0.25, 0.3) is 0 Å². The van der Waals surface area contributed by atoms with Crippen LogP contribution in [0.5, 0.6) is 0 Å². The van der Waals surface area contributed by atoms with Gasteiger partial charge in [-0.15, -0.1) is 0 Å². The molecule has 0 aliphatic heterocycles. The van der Waals surface area contributed by atoms with Gasteiger partial charge in [0.1, 0.15) is 0 Å². The quantitative estimate of drug-likeness (QED) is 0.849. The van der Waals surface area contributed by atoms with Gasteiger partial charge in [-0.2, -0.15) is 4.31 Å². The second kappa shape index (κ2) is 6.85. The van der Waals surface area contributed by atoms with Crippen molar-refractivity contribution in [2.45, 2.75) is 6.54 Å². The van der Waals surface area contributed by atoms with E-state index in [2.05, 4.69) is 4.98 Å². The van der Waals surface area contributed by atoms with Gasteiger partial charge in [0.15, 0.2) is 0 Å². The zero-order chi connectivity index (χ0) is 15.3. The van der Waals surface area contributed by atoms with Crippen molar-refractivity contribution in [1.82, 2.24) is 9.29 Å². The molecule has 21 heavy (non-hydrogen) atoms. The third kappa shape index (κ3) is 4.67. The molecule has 0 bridgehead atoms. The number of sulfonamides is 1. The topological polar surface area (TPSA) is 50.3 Å². The van der Waals surface area contributed by atoms with Gasteiger partial charge in [-0.3, -0.25) is 4.98 Å². The second-order valence-corrected chi connectivity index (χ2v) is 6.88. The van der Waals surface area contributed by atoms with Crippen molar-refractivity contribution in [1.29, 1.82) is 0 Å². The first kappa shape index (κ1) is 15.7. The fraction of sp³-hybridized carbons (Fsp3) is 0.133. The zero-order valence-corrected chi connectivity index (χ0v) is 13.1. The van der Waals surface area contributed by atoms with E-state index in [0.29, 0.717) is 5.02 Å². The van der Waals surface area contributed by atoms with E-state index < -0.39 is 10.0 Å². The van der Waals surface area contributed by atoms with E-state index in [4.69, 9.17) is 11.6 Å². The number of pyridine rings is 1. The zero-order valence-electron chi connectivity index (χ0n) is 11.5. The van der Waals surface area contributed by atoms with Gasteiger partial charge in [-0.25, -0.2) is 8.42 Å². The van der Waals surface area contributed by atoms with Crippen molar-refractivity contribution in [3.63, 3.8) is 0 Å². The van der Waals surface area contributed by atoms with Crippen molar-refractivity contribution >= 4 is 27.7 Å². The second-order valence-electron chi connectivity index (χ2n) is 4.52. The van der Waals surface area contributed by atoms with Crippen molar-refractivity contribution < 1.29 is 8.42 Å². The minimum absolute atomic E-state index is 0.279. The molecule has 110 valence electrons. The number of halogens is 1. The molecule has 0 fully saturated rings. The largest absolute Gasteiger partial charge is 0.264 e. The summed E-state index contributed by atoms with van der Waals surface area (Å²) in [6, 6.07) is 10.6. The Balaban J connectivity index is 2.08. The van der Waals surface area contributed by atoms with Gasteiger partial charge in [0.05, 0.1) is 0 Å². The van der Waals surface area contributed by atoms with E-state index >= 15 is 0 Å². The third-order valence-corrected chi connectivity index (χ3v) is 4.59. The van der Waals surface area contributed by atoms with Gasteiger partial charge in [-0.05, 0) is 35.4 Å². The summed E-state index contributed by atoms with van der Waals surface area (Å²) in [5, 5.41) is 1.80. The molecule has 0 amide bonds. The monoisotopic (exact) mass is 322 g/mol. The molecule has 2 rings (SSSR count). The lowest BCUT2D eigenvalue weighted by molar-refractivity contribution is 0.475. The summed E-state index contributed by atoms with van der Waals surface area (Å²) >= 11 is 5.79. The van der Waals surface area contributed by atoms with Gasteiger partial charge in [0.2, 0.25) is 10.0 Å². The Hall–Kier alpha value is -1.69. The van der Waals surface area contributed by atoms with Gasteiger partial charge in [0, 0.05) is 36.4 Å². The summed E-state index contributed by atoms with van der Waals surface area (Å²) in [5.74, 6) is 0. The minimum atomic E-state index is -3.47. The van der Waals surface area contributed by atoms with E-state index in [1.165, 1.54) is 16.8 Å². The first-order valence-electron chi connectivity index (χ1n) is 6.26. The molecule has 0 aliphatic carbocycles. The molecule has 0 atom stereocenters. The Bertz CT molecular complexity index is 713. The lowest BCUT2D eigenvalue weighted by Crippen LogP contribution is -2.24. The molecule has 0 saturated heterocycles. The standard InChI is InChI=1S/C15H15ClN2O2S/c1-18(12-14-3-2-9-17-11-14)21(19,20)10-8-13-4-6-15(16)7-5-13/h2-11H,12H2,1H3. The Kier molecular flexibility index (Phi) is 5.12. The van der Waals surface area contributed by atoms with Crippen LogP contribution >= 0.6 is 11.6 Å². The maximum atomic E-state index is 12.2. The molecular weight excluding hydrogens is 308 g/mol. The molecule has 1 aromatic heterocycles. The summed E-state index contributed by atoms with van der Waals surface area (Å²) in [5.41, 5.74) is 1.61. The van der Waals surface area contributed by atoms with E-state index in [-0.39, 0.29) is 6.54 Å². The molecule has 0 aliphatic rings. The highest BCUT2D eigenvalue weighted by Gasteiger charge is 2.14. The lowest BCUT2D eigenvalue weighted by atomic mass is 10.2. The van der Waals surface area contributed by atoms with Crippen LogP contribution in [0.3, 0.4) is 0 Å². The number of hydrogen-bond donors (Lipinski definition) is 0. The number of benzene rings is 1. The number of aromatic nitrogens is 1. The third-order valence-electron chi connectivity index (χ3n) is 2.86. The van der Waals surface area contributed by atoms with Crippen LogP contribution in [0.4, 0.5) is 0 Å². The van der Waals surface area contributed by atoms with Crippen LogP contribution in [0, 0.1) is 0 Å². The summed E-state index contributed by atoms with van der Waals surface area (Å²) in [6.07, 6.45) is 4.85. The highest BCUT2D eigenvalue weighted by atomic mass is 35.5. The normalized spacial score (nSPS) is 12.1. The van der Waals surface area contributed by atoms with Crippen LogP contribution in [-0.4, -0.2) is 24.8 Å². The van der Waals surface area contributed by atoms with Crippen LogP contribution < -0.4 is 0 Å². The maximum Gasteiger partial charge on any atom is 0.236 e. The molecule has 2 aromatic rings. The molecule has 0 radical (unpaired) electrons. The number of hydrogen-bond acceptors (Lipinski definition) is 3. The molecule has 4 nitrogen and oxygen atoms in total. The molecule has 0 spiro atoms. The first-order valence-corrected chi connectivity index (χ1v) is 8.14. The molecule has 6 heteroatoms. The van der Waals surface area contributed by atoms with Gasteiger partial charge >= 0.3 is 0 Å². The summed E-state index contributed by atoms with van der Waals surface area (Å²) in [6.45, 7) is 0.279. The molecule has 0 N–H and O–H groups in total. The molecule has 0 saturated carbocycles. The number of rotatable bonds is 5. The Morgan fingerprint density at radius 2 is 1.95 bits per heavy atom. The van der Waals surface area contributed by atoms with Crippen molar-refractivity contribution in [3.05, 3.63) is 70.3 Å². The van der Waals surface area contributed by atoms with Crippen molar-refractivity contribution in [2.24, 2.45) is 0 Å². The fourth-order valence-corrected chi connectivity index (χ4v) is 2.67. The minimum Gasteiger partial charge on any atom is -0.264 e. The highest BCUT2D eigenvalue weighted by molar-refractivity contribution is 7.92. The Morgan fingerprint density at radius 3 is 2.57 bits per heavy atom. The van der Waals surface area contributed by atoms with Crippen molar-refractivity contribution in [2.75, 3.05) is 7.05 Å². The van der Waals surface area contributed by atoms with Crippen LogP contribution in [0.15, 0.2) is 54.2 Å². The molecular formula is C15H15ClN2O2S. The van der Waals surface area contributed by atoms with Crippen LogP contribution in [0.25, 0.3) is 6.08 Å².